The zero-order valence-electron chi connectivity index (χ0n) is 14.2. The number of carbonyl (C=O) groups is 2. The summed E-state index contributed by atoms with van der Waals surface area (Å²) >= 11 is 0. The molecule has 2 fully saturated rings. The molecular formula is C18H25N3O3. The van der Waals surface area contributed by atoms with E-state index in [0.717, 1.165) is 18.4 Å². The number of hydrogen-bond donors (Lipinski definition) is 1. The summed E-state index contributed by atoms with van der Waals surface area (Å²) in [6.45, 7) is 5.54. The van der Waals surface area contributed by atoms with Crippen molar-refractivity contribution in [3.63, 3.8) is 0 Å². The Balaban J connectivity index is 1.43. The van der Waals surface area contributed by atoms with Crippen LogP contribution in [-0.2, 0) is 16.1 Å². The Morgan fingerprint density at radius 2 is 1.79 bits per heavy atom. The zero-order valence-corrected chi connectivity index (χ0v) is 14.2. The van der Waals surface area contributed by atoms with Gasteiger partial charge in [0.2, 0.25) is 0 Å². The molecule has 0 bridgehead atoms. The molecule has 1 N–H and O–H groups in total. The molecule has 1 aromatic rings. The summed E-state index contributed by atoms with van der Waals surface area (Å²) in [5.41, 5.74) is 2.29. The highest BCUT2D eigenvalue weighted by molar-refractivity contribution is 5.81. The van der Waals surface area contributed by atoms with E-state index in [0.29, 0.717) is 39.3 Å². The minimum atomic E-state index is -0.271. The molecule has 1 atom stereocenters. The average Bonchev–Trinajstić information content (AvgIpc) is 3.15. The van der Waals surface area contributed by atoms with Gasteiger partial charge in [0.1, 0.15) is 6.10 Å². The predicted octanol–water partition coefficient (Wildman–Crippen LogP) is 1.53. The molecule has 0 aromatic heterocycles. The van der Waals surface area contributed by atoms with E-state index in [1.54, 1.807) is 4.90 Å². The first-order chi connectivity index (χ1) is 11.6. The summed E-state index contributed by atoms with van der Waals surface area (Å²) in [5.74, 6) is 0.0761. The van der Waals surface area contributed by atoms with Crippen LogP contribution in [0.3, 0.4) is 0 Å². The van der Waals surface area contributed by atoms with Crippen LogP contribution in [0.15, 0.2) is 24.3 Å². The maximum absolute atomic E-state index is 12.3. The molecule has 6 heteroatoms. The SMILES string of the molecule is Cc1ccc(CNC(=O)N2CCN(C(=O)C3CCCO3)CC2)cc1. The number of aryl methyl sites for hydroxylation is 1. The van der Waals surface area contributed by atoms with Crippen LogP contribution in [0, 0.1) is 6.92 Å². The lowest BCUT2D eigenvalue weighted by Crippen LogP contribution is -2.54. The number of benzene rings is 1. The molecule has 0 aliphatic carbocycles. The van der Waals surface area contributed by atoms with Gasteiger partial charge >= 0.3 is 6.03 Å². The molecule has 2 heterocycles. The number of piperazine rings is 1. The van der Waals surface area contributed by atoms with E-state index in [9.17, 15) is 9.59 Å². The third-order valence-electron chi connectivity index (χ3n) is 4.65. The van der Waals surface area contributed by atoms with Crippen molar-refractivity contribution in [3.05, 3.63) is 35.4 Å². The van der Waals surface area contributed by atoms with Gasteiger partial charge in [-0.1, -0.05) is 29.8 Å². The van der Waals surface area contributed by atoms with Gasteiger partial charge in [0.05, 0.1) is 0 Å². The topological polar surface area (TPSA) is 61.9 Å². The Morgan fingerprint density at radius 1 is 1.12 bits per heavy atom. The molecular weight excluding hydrogens is 306 g/mol. The summed E-state index contributed by atoms with van der Waals surface area (Å²) in [4.78, 5) is 28.1. The van der Waals surface area contributed by atoms with Crippen molar-refractivity contribution in [1.82, 2.24) is 15.1 Å². The average molecular weight is 331 g/mol. The van der Waals surface area contributed by atoms with Crippen molar-refractivity contribution < 1.29 is 14.3 Å². The lowest BCUT2D eigenvalue weighted by Gasteiger charge is -2.35. The highest BCUT2D eigenvalue weighted by Crippen LogP contribution is 2.16. The van der Waals surface area contributed by atoms with Crippen LogP contribution in [0.2, 0.25) is 0 Å². The number of ether oxygens (including phenoxy) is 1. The Bertz CT molecular complexity index is 574. The molecule has 3 rings (SSSR count). The van der Waals surface area contributed by atoms with Crippen molar-refractivity contribution in [2.75, 3.05) is 32.8 Å². The van der Waals surface area contributed by atoms with E-state index >= 15 is 0 Å². The number of nitrogens with zero attached hydrogens (tertiary/aromatic N) is 2. The molecule has 2 saturated heterocycles. The standard InChI is InChI=1S/C18H25N3O3/c1-14-4-6-15(7-5-14)13-19-18(23)21-10-8-20(9-11-21)17(22)16-3-2-12-24-16/h4-7,16H,2-3,8-13H2,1H3,(H,19,23). The van der Waals surface area contributed by atoms with Crippen molar-refractivity contribution in [1.29, 1.82) is 0 Å². The van der Waals surface area contributed by atoms with Gasteiger partial charge < -0.3 is 19.9 Å². The maximum atomic E-state index is 12.3. The number of hydrogen-bond acceptors (Lipinski definition) is 3. The molecule has 3 amide bonds. The Hall–Kier alpha value is -2.08. The third kappa shape index (κ3) is 4.06. The second-order valence-corrected chi connectivity index (χ2v) is 6.46. The zero-order chi connectivity index (χ0) is 16.9. The van der Waals surface area contributed by atoms with Crippen LogP contribution >= 0.6 is 0 Å². The minimum Gasteiger partial charge on any atom is -0.368 e. The van der Waals surface area contributed by atoms with Gasteiger partial charge in [0.25, 0.3) is 5.91 Å². The third-order valence-corrected chi connectivity index (χ3v) is 4.65. The van der Waals surface area contributed by atoms with Crippen LogP contribution in [0.4, 0.5) is 4.79 Å². The molecule has 0 saturated carbocycles. The monoisotopic (exact) mass is 331 g/mol. The van der Waals surface area contributed by atoms with Gasteiger partial charge in [-0.2, -0.15) is 0 Å². The van der Waals surface area contributed by atoms with E-state index < -0.39 is 0 Å². The minimum absolute atomic E-state index is 0.0696. The Labute approximate surface area is 142 Å². The second kappa shape index (κ2) is 7.66. The Morgan fingerprint density at radius 3 is 2.42 bits per heavy atom. The van der Waals surface area contributed by atoms with Gasteiger partial charge in [-0.3, -0.25) is 4.79 Å². The maximum Gasteiger partial charge on any atom is 0.317 e. The summed E-state index contributed by atoms with van der Waals surface area (Å²) in [6, 6.07) is 8.05. The van der Waals surface area contributed by atoms with Crippen LogP contribution in [0.25, 0.3) is 0 Å². The first-order valence-electron chi connectivity index (χ1n) is 8.62. The lowest BCUT2D eigenvalue weighted by molar-refractivity contribution is -0.142. The van der Waals surface area contributed by atoms with Gasteiger partial charge in [-0.15, -0.1) is 0 Å². The highest BCUT2D eigenvalue weighted by Gasteiger charge is 2.31. The van der Waals surface area contributed by atoms with Crippen LogP contribution in [0.5, 0.6) is 0 Å². The van der Waals surface area contributed by atoms with E-state index in [1.807, 2.05) is 36.1 Å². The van der Waals surface area contributed by atoms with Crippen LogP contribution < -0.4 is 5.32 Å². The Kier molecular flexibility index (Phi) is 5.35. The fraction of sp³-hybridized carbons (Fsp3) is 0.556. The first-order valence-corrected chi connectivity index (χ1v) is 8.62. The van der Waals surface area contributed by atoms with E-state index in [2.05, 4.69) is 5.32 Å². The highest BCUT2D eigenvalue weighted by atomic mass is 16.5. The smallest absolute Gasteiger partial charge is 0.317 e. The second-order valence-electron chi connectivity index (χ2n) is 6.46. The lowest BCUT2D eigenvalue weighted by atomic mass is 10.1. The quantitative estimate of drug-likeness (QED) is 0.914. The largest absolute Gasteiger partial charge is 0.368 e. The summed E-state index contributed by atoms with van der Waals surface area (Å²) in [7, 11) is 0. The summed E-state index contributed by atoms with van der Waals surface area (Å²) in [6.07, 6.45) is 1.50. The van der Waals surface area contributed by atoms with Gasteiger partial charge in [-0.05, 0) is 25.3 Å². The molecule has 1 aromatic carbocycles. The number of rotatable bonds is 3. The van der Waals surface area contributed by atoms with Gasteiger partial charge in [0, 0.05) is 39.3 Å². The molecule has 0 radical (unpaired) electrons. The van der Waals surface area contributed by atoms with Gasteiger partial charge in [0.15, 0.2) is 0 Å². The van der Waals surface area contributed by atoms with Gasteiger partial charge in [-0.25, -0.2) is 4.79 Å². The normalized spacial score (nSPS) is 21.0. The fourth-order valence-corrected chi connectivity index (χ4v) is 3.10. The first kappa shape index (κ1) is 16.8. The van der Waals surface area contributed by atoms with Crippen molar-refractivity contribution in [3.8, 4) is 0 Å². The number of nitrogens with one attached hydrogen (secondary N) is 1. The molecule has 2 aliphatic heterocycles. The number of amides is 3. The predicted molar refractivity (Wildman–Crippen MR) is 90.5 cm³/mol. The van der Waals surface area contributed by atoms with Crippen molar-refractivity contribution >= 4 is 11.9 Å². The summed E-state index contributed by atoms with van der Waals surface area (Å²) in [5, 5.41) is 2.95. The number of urea groups is 1. The van der Waals surface area contributed by atoms with E-state index in [-0.39, 0.29) is 18.0 Å². The van der Waals surface area contributed by atoms with Crippen molar-refractivity contribution in [2.45, 2.75) is 32.4 Å². The van der Waals surface area contributed by atoms with E-state index in [1.165, 1.54) is 5.56 Å². The molecule has 130 valence electrons. The fourth-order valence-electron chi connectivity index (χ4n) is 3.10. The molecule has 6 nitrogen and oxygen atoms in total. The number of carbonyl (C=O) groups excluding carboxylic acids is 2. The molecule has 24 heavy (non-hydrogen) atoms. The van der Waals surface area contributed by atoms with Crippen LogP contribution in [0.1, 0.15) is 24.0 Å². The molecule has 1 unspecified atom stereocenters. The molecule has 2 aliphatic rings. The summed E-state index contributed by atoms with van der Waals surface area (Å²) < 4.78 is 5.45. The molecule has 0 spiro atoms. The van der Waals surface area contributed by atoms with Crippen molar-refractivity contribution in [2.24, 2.45) is 0 Å². The van der Waals surface area contributed by atoms with E-state index in [4.69, 9.17) is 4.74 Å². The van der Waals surface area contributed by atoms with Crippen LogP contribution in [-0.4, -0.2) is 60.6 Å².